The Morgan fingerprint density at radius 2 is 1.67 bits per heavy atom. The second-order valence-electron chi connectivity index (χ2n) is 5.62. The summed E-state index contributed by atoms with van der Waals surface area (Å²) in [7, 11) is 0. The number of ether oxygens (including phenoxy) is 1. The largest absolute Gasteiger partial charge is 0.491 e. The summed E-state index contributed by atoms with van der Waals surface area (Å²) in [6, 6.07) is 15.2. The molecule has 0 heterocycles. The minimum atomic E-state index is 0.247. The lowest BCUT2D eigenvalue weighted by atomic mass is 10.1. The molecule has 0 aromatic heterocycles. The van der Waals surface area contributed by atoms with Gasteiger partial charge in [-0.15, -0.1) is 0 Å². The van der Waals surface area contributed by atoms with Crippen LogP contribution in [0.4, 0.5) is 5.69 Å². The number of hydrogen-bond acceptors (Lipinski definition) is 2. The molecular weight excluding hydrogens is 258 g/mol. The highest BCUT2D eigenvalue weighted by Gasteiger charge is 2.09. The standard InChI is InChI=1S/C19H25NO/c1-5-12-21-19-13-15(3)8-11-18(19)20-16(4)17-9-6-14(2)7-10-17/h6-11,13,16,20H,5,12H2,1-4H3. The number of rotatable bonds is 6. The molecule has 0 spiro atoms. The molecule has 0 aliphatic rings. The Balaban J connectivity index is 2.16. The average Bonchev–Trinajstić information content (AvgIpc) is 2.48. The van der Waals surface area contributed by atoms with E-state index in [0.717, 1.165) is 24.5 Å². The molecule has 2 rings (SSSR count). The van der Waals surface area contributed by atoms with Gasteiger partial charge in [0, 0.05) is 6.04 Å². The molecule has 0 amide bonds. The highest BCUT2D eigenvalue weighted by molar-refractivity contribution is 5.58. The van der Waals surface area contributed by atoms with Crippen molar-refractivity contribution in [3.05, 3.63) is 59.2 Å². The van der Waals surface area contributed by atoms with Crippen LogP contribution in [0.2, 0.25) is 0 Å². The average molecular weight is 283 g/mol. The predicted molar refractivity (Wildman–Crippen MR) is 90.2 cm³/mol. The van der Waals surface area contributed by atoms with Crippen LogP contribution in [0.15, 0.2) is 42.5 Å². The zero-order valence-corrected chi connectivity index (χ0v) is 13.4. The van der Waals surface area contributed by atoms with E-state index in [9.17, 15) is 0 Å². The van der Waals surface area contributed by atoms with Gasteiger partial charge in [0.15, 0.2) is 0 Å². The number of benzene rings is 2. The van der Waals surface area contributed by atoms with Gasteiger partial charge in [-0.05, 0) is 50.5 Å². The topological polar surface area (TPSA) is 21.3 Å². The molecule has 1 unspecified atom stereocenters. The molecule has 1 N–H and O–H groups in total. The minimum Gasteiger partial charge on any atom is -0.491 e. The SMILES string of the molecule is CCCOc1cc(C)ccc1NC(C)c1ccc(C)cc1. The molecule has 0 bridgehead atoms. The van der Waals surface area contributed by atoms with Crippen LogP contribution in [-0.2, 0) is 0 Å². The summed E-state index contributed by atoms with van der Waals surface area (Å²) in [4.78, 5) is 0. The van der Waals surface area contributed by atoms with Gasteiger partial charge in [0.25, 0.3) is 0 Å². The summed E-state index contributed by atoms with van der Waals surface area (Å²) in [5.41, 5.74) is 4.84. The van der Waals surface area contributed by atoms with E-state index < -0.39 is 0 Å². The third kappa shape index (κ3) is 4.25. The van der Waals surface area contributed by atoms with Gasteiger partial charge >= 0.3 is 0 Å². The number of anilines is 1. The summed E-state index contributed by atoms with van der Waals surface area (Å²) in [6.45, 7) is 9.24. The molecule has 0 radical (unpaired) electrons. The van der Waals surface area contributed by atoms with Gasteiger partial charge in [-0.25, -0.2) is 0 Å². The summed E-state index contributed by atoms with van der Waals surface area (Å²) < 4.78 is 5.86. The van der Waals surface area contributed by atoms with Crippen LogP contribution in [0.5, 0.6) is 5.75 Å². The molecule has 112 valence electrons. The number of nitrogens with one attached hydrogen (secondary N) is 1. The van der Waals surface area contributed by atoms with E-state index in [2.05, 4.69) is 75.5 Å². The third-order valence-corrected chi connectivity index (χ3v) is 3.55. The maximum atomic E-state index is 5.86. The molecule has 0 saturated carbocycles. The van der Waals surface area contributed by atoms with E-state index in [0.29, 0.717) is 0 Å². The lowest BCUT2D eigenvalue weighted by Gasteiger charge is -2.19. The Morgan fingerprint density at radius 3 is 2.33 bits per heavy atom. The van der Waals surface area contributed by atoms with Crippen molar-refractivity contribution in [2.45, 2.75) is 40.2 Å². The second-order valence-corrected chi connectivity index (χ2v) is 5.62. The fourth-order valence-electron chi connectivity index (χ4n) is 2.25. The number of aryl methyl sites for hydroxylation is 2. The van der Waals surface area contributed by atoms with Gasteiger partial charge in [-0.1, -0.05) is 42.8 Å². The molecule has 2 heteroatoms. The summed E-state index contributed by atoms with van der Waals surface area (Å²) in [6.07, 6.45) is 1.01. The minimum absolute atomic E-state index is 0.247. The Hall–Kier alpha value is -1.96. The van der Waals surface area contributed by atoms with Crippen molar-refractivity contribution in [3.8, 4) is 5.75 Å². The van der Waals surface area contributed by atoms with Crippen LogP contribution < -0.4 is 10.1 Å². The molecular formula is C19H25NO. The molecule has 1 atom stereocenters. The van der Waals surface area contributed by atoms with Crippen molar-refractivity contribution in [3.63, 3.8) is 0 Å². The first kappa shape index (κ1) is 15.4. The van der Waals surface area contributed by atoms with Crippen LogP contribution in [0.3, 0.4) is 0 Å². The molecule has 2 aromatic rings. The monoisotopic (exact) mass is 283 g/mol. The third-order valence-electron chi connectivity index (χ3n) is 3.55. The first-order valence-corrected chi connectivity index (χ1v) is 7.66. The summed E-state index contributed by atoms with van der Waals surface area (Å²) >= 11 is 0. The second kappa shape index (κ2) is 7.16. The molecule has 0 aliphatic heterocycles. The summed E-state index contributed by atoms with van der Waals surface area (Å²) in [5, 5.41) is 3.56. The van der Waals surface area contributed by atoms with Crippen molar-refractivity contribution >= 4 is 5.69 Å². The van der Waals surface area contributed by atoms with Crippen molar-refractivity contribution in [2.24, 2.45) is 0 Å². The van der Waals surface area contributed by atoms with Gasteiger partial charge in [-0.3, -0.25) is 0 Å². The normalized spacial score (nSPS) is 12.0. The van der Waals surface area contributed by atoms with E-state index >= 15 is 0 Å². The van der Waals surface area contributed by atoms with Crippen molar-refractivity contribution in [1.29, 1.82) is 0 Å². The highest BCUT2D eigenvalue weighted by atomic mass is 16.5. The van der Waals surface area contributed by atoms with Crippen molar-refractivity contribution < 1.29 is 4.74 Å². The molecule has 2 nitrogen and oxygen atoms in total. The van der Waals surface area contributed by atoms with Crippen LogP contribution >= 0.6 is 0 Å². The molecule has 0 fully saturated rings. The molecule has 21 heavy (non-hydrogen) atoms. The fraction of sp³-hybridized carbons (Fsp3) is 0.368. The fourth-order valence-corrected chi connectivity index (χ4v) is 2.25. The molecule has 2 aromatic carbocycles. The van der Waals surface area contributed by atoms with Crippen LogP contribution in [0.1, 0.15) is 43.0 Å². The lowest BCUT2D eigenvalue weighted by molar-refractivity contribution is 0.318. The van der Waals surface area contributed by atoms with Crippen LogP contribution in [0.25, 0.3) is 0 Å². The quantitative estimate of drug-likeness (QED) is 0.780. The van der Waals surface area contributed by atoms with Crippen LogP contribution in [0, 0.1) is 13.8 Å². The maximum absolute atomic E-state index is 5.86. The van der Waals surface area contributed by atoms with Gasteiger partial charge < -0.3 is 10.1 Å². The van der Waals surface area contributed by atoms with Gasteiger partial charge in [-0.2, -0.15) is 0 Å². The predicted octanol–water partition coefficient (Wildman–Crippen LogP) is 5.27. The Morgan fingerprint density at radius 1 is 1.00 bits per heavy atom. The Kier molecular flexibility index (Phi) is 5.26. The smallest absolute Gasteiger partial charge is 0.142 e. The van der Waals surface area contributed by atoms with E-state index in [1.165, 1.54) is 16.7 Å². The maximum Gasteiger partial charge on any atom is 0.142 e. The molecule has 0 aliphatic carbocycles. The first-order chi connectivity index (χ1) is 10.1. The van der Waals surface area contributed by atoms with Gasteiger partial charge in [0.2, 0.25) is 0 Å². The van der Waals surface area contributed by atoms with Gasteiger partial charge in [0.05, 0.1) is 12.3 Å². The molecule has 0 saturated heterocycles. The Labute approximate surface area is 128 Å². The highest BCUT2D eigenvalue weighted by Crippen LogP contribution is 2.29. The van der Waals surface area contributed by atoms with Crippen molar-refractivity contribution in [1.82, 2.24) is 0 Å². The van der Waals surface area contributed by atoms with Gasteiger partial charge in [0.1, 0.15) is 5.75 Å². The van der Waals surface area contributed by atoms with Crippen LogP contribution in [-0.4, -0.2) is 6.61 Å². The van der Waals surface area contributed by atoms with E-state index in [-0.39, 0.29) is 6.04 Å². The zero-order valence-electron chi connectivity index (χ0n) is 13.4. The lowest BCUT2D eigenvalue weighted by Crippen LogP contribution is -2.08. The van der Waals surface area contributed by atoms with Crippen molar-refractivity contribution in [2.75, 3.05) is 11.9 Å². The number of hydrogen-bond donors (Lipinski definition) is 1. The zero-order chi connectivity index (χ0) is 15.2. The summed E-state index contributed by atoms with van der Waals surface area (Å²) in [5.74, 6) is 0.941. The first-order valence-electron chi connectivity index (χ1n) is 7.66. The van der Waals surface area contributed by atoms with E-state index in [1.807, 2.05) is 0 Å². The van der Waals surface area contributed by atoms with E-state index in [1.54, 1.807) is 0 Å². The van der Waals surface area contributed by atoms with E-state index in [4.69, 9.17) is 4.74 Å². The Bertz CT molecular complexity index is 575.